The number of amides is 2. The Kier molecular flexibility index (Phi) is 7.54. The van der Waals surface area contributed by atoms with Crippen molar-refractivity contribution in [3.8, 4) is 0 Å². The monoisotopic (exact) mass is 540 g/mol. The molecule has 10 nitrogen and oxygen atoms in total. The number of hydrogen-bond acceptors (Lipinski definition) is 7. The molecule has 2 amide bonds. The van der Waals surface area contributed by atoms with Gasteiger partial charge in [0.2, 0.25) is 5.91 Å². The number of carbonyl (C=O) groups is 3. The molecule has 5 rings (SSSR count). The van der Waals surface area contributed by atoms with Crippen molar-refractivity contribution in [1.29, 1.82) is 0 Å². The number of nitrogens with zero attached hydrogens (tertiary/aromatic N) is 3. The Morgan fingerprint density at radius 1 is 1.00 bits per heavy atom. The molecule has 2 heterocycles. The van der Waals surface area contributed by atoms with Crippen molar-refractivity contribution >= 4 is 51.8 Å². The van der Waals surface area contributed by atoms with E-state index in [4.69, 9.17) is 5.73 Å². The van der Waals surface area contributed by atoms with Crippen molar-refractivity contribution in [3.05, 3.63) is 83.4 Å². The zero-order valence-corrected chi connectivity index (χ0v) is 22.5. The molecule has 206 valence electrons. The molecule has 1 saturated heterocycles. The molecule has 2 aliphatic rings. The van der Waals surface area contributed by atoms with E-state index in [-0.39, 0.29) is 17.4 Å². The predicted molar refractivity (Wildman–Crippen MR) is 157 cm³/mol. The summed E-state index contributed by atoms with van der Waals surface area (Å²) < 4.78 is 0. The van der Waals surface area contributed by atoms with Gasteiger partial charge in [-0.2, -0.15) is 0 Å². The second-order valence-electron chi connectivity index (χ2n) is 10.1. The first-order chi connectivity index (χ1) is 19.2. The number of hydrogen-bond donors (Lipinski definition) is 4. The molecule has 0 aliphatic carbocycles. The van der Waals surface area contributed by atoms with Gasteiger partial charge in [-0.05, 0) is 61.6 Å². The lowest BCUT2D eigenvalue weighted by atomic mass is 9.98. The Morgan fingerprint density at radius 3 is 2.40 bits per heavy atom. The van der Waals surface area contributed by atoms with Crippen molar-refractivity contribution in [2.75, 3.05) is 68.1 Å². The summed E-state index contributed by atoms with van der Waals surface area (Å²) in [7, 11) is 3.85. The Labute approximate surface area is 232 Å². The van der Waals surface area contributed by atoms with E-state index in [1.54, 1.807) is 36.2 Å². The molecule has 5 N–H and O–H groups in total. The highest BCUT2D eigenvalue weighted by Crippen LogP contribution is 2.38. The van der Waals surface area contributed by atoms with Gasteiger partial charge in [0, 0.05) is 67.1 Å². The largest absolute Gasteiger partial charge is 0.478 e. The van der Waals surface area contributed by atoms with Crippen LogP contribution in [0.4, 0.5) is 22.7 Å². The molecule has 0 aromatic heterocycles. The van der Waals surface area contributed by atoms with Crippen molar-refractivity contribution in [1.82, 2.24) is 9.80 Å². The summed E-state index contributed by atoms with van der Waals surface area (Å²) in [5, 5.41) is 15.7. The van der Waals surface area contributed by atoms with Crippen molar-refractivity contribution in [2.45, 2.75) is 0 Å². The third-order valence-electron chi connectivity index (χ3n) is 7.29. The van der Waals surface area contributed by atoms with E-state index < -0.39 is 5.97 Å². The number of carboxylic acids is 1. The Balaban J connectivity index is 1.43. The topological polar surface area (TPSA) is 131 Å². The number of nitrogens with two attached hydrogens (primary N) is 1. The van der Waals surface area contributed by atoms with E-state index in [1.807, 2.05) is 30.3 Å². The lowest BCUT2D eigenvalue weighted by Gasteiger charge is -2.32. The van der Waals surface area contributed by atoms with Crippen LogP contribution < -0.4 is 21.3 Å². The zero-order valence-electron chi connectivity index (χ0n) is 22.5. The molecular weight excluding hydrogens is 508 g/mol. The zero-order chi connectivity index (χ0) is 28.4. The van der Waals surface area contributed by atoms with Gasteiger partial charge < -0.3 is 31.3 Å². The van der Waals surface area contributed by atoms with Crippen LogP contribution in [0.2, 0.25) is 0 Å². The molecule has 40 heavy (non-hydrogen) atoms. The molecular formula is C30H32N6O4. The number of nitrogen functional groups attached to an aromatic ring is 1. The first-order valence-electron chi connectivity index (χ1n) is 13.0. The van der Waals surface area contributed by atoms with Gasteiger partial charge in [-0.25, -0.2) is 4.79 Å². The molecule has 0 spiro atoms. The minimum Gasteiger partial charge on any atom is -0.478 e. The molecule has 1 fully saturated rings. The van der Waals surface area contributed by atoms with Gasteiger partial charge in [0.25, 0.3) is 5.91 Å². The van der Waals surface area contributed by atoms with Crippen LogP contribution in [0.25, 0.3) is 11.3 Å². The maximum absolute atomic E-state index is 13.2. The second kappa shape index (κ2) is 11.2. The molecule has 2 aliphatic heterocycles. The number of fused-ring (bicyclic) bond motifs is 1. The third kappa shape index (κ3) is 5.68. The lowest BCUT2D eigenvalue weighted by molar-refractivity contribution is -0.119. The molecule has 3 aromatic carbocycles. The summed E-state index contributed by atoms with van der Waals surface area (Å²) in [6.07, 6.45) is 0. The molecule has 0 atom stereocenters. The van der Waals surface area contributed by atoms with E-state index in [2.05, 4.69) is 27.5 Å². The van der Waals surface area contributed by atoms with Crippen LogP contribution in [0.3, 0.4) is 0 Å². The number of aromatic carboxylic acids is 1. The molecule has 3 aromatic rings. The third-order valence-corrected chi connectivity index (χ3v) is 7.29. The summed E-state index contributed by atoms with van der Waals surface area (Å²) >= 11 is 0. The number of benzene rings is 3. The average molecular weight is 541 g/mol. The SMILES string of the molecule is CN1CCN(CC(=O)N(C)c2ccc(NC(=C3C(=O)Nc4ccc(C(=O)O)cc43)c3cccc(N)c3)cc2)CC1. The molecule has 0 unspecified atom stereocenters. The minimum atomic E-state index is -1.08. The van der Waals surface area contributed by atoms with Crippen LogP contribution >= 0.6 is 0 Å². The first-order valence-corrected chi connectivity index (χ1v) is 13.0. The number of piperazine rings is 1. The average Bonchev–Trinajstić information content (AvgIpc) is 3.27. The summed E-state index contributed by atoms with van der Waals surface area (Å²) in [6, 6.07) is 19.0. The van der Waals surface area contributed by atoms with Gasteiger partial charge in [0.05, 0.1) is 23.4 Å². The summed E-state index contributed by atoms with van der Waals surface area (Å²) in [4.78, 5) is 43.8. The summed E-state index contributed by atoms with van der Waals surface area (Å²) in [6.45, 7) is 3.99. The van der Waals surface area contributed by atoms with Gasteiger partial charge in [0.1, 0.15) is 0 Å². The maximum atomic E-state index is 13.2. The standard InChI is InChI=1S/C30H32N6O4/c1-34-12-14-36(15-13-34)18-26(37)35(2)23-9-7-22(8-10-23)32-28(19-4-3-5-21(31)16-19)27-24-17-20(30(39)40)6-11-25(24)33-29(27)38/h3-11,16-17,32H,12-15,18,31H2,1-2H3,(H,33,38)(H,39,40). The van der Waals surface area contributed by atoms with Crippen LogP contribution in [0.15, 0.2) is 66.7 Å². The lowest BCUT2D eigenvalue weighted by Crippen LogP contribution is -2.48. The van der Waals surface area contributed by atoms with Crippen LogP contribution in [0, 0.1) is 0 Å². The van der Waals surface area contributed by atoms with E-state index in [1.165, 1.54) is 12.1 Å². The highest BCUT2D eigenvalue weighted by Gasteiger charge is 2.29. The van der Waals surface area contributed by atoms with Crippen molar-refractivity contribution in [3.63, 3.8) is 0 Å². The number of carbonyl (C=O) groups excluding carboxylic acids is 2. The van der Waals surface area contributed by atoms with E-state index in [0.29, 0.717) is 46.0 Å². The fourth-order valence-corrected chi connectivity index (χ4v) is 4.88. The summed E-state index contributed by atoms with van der Waals surface area (Å²) in [5.41, 5.74) is 10.6. The smallest absolute Gasteiger partial charge is 0.335 e. The van der Waals surface area contributed by atoms with Crippen LogP contribution in [-0.2, 0) is 9.59 Å². The van der Waals surface area contributed by atoms with Gasteiger partial charge in [-0.3, -0.25) is 14.5 Å². The fraction of sp³-hybridized carbons (Fsp3) is 0.233. The number of nitrogens with one attached hydrogen (secondary N) is 2. The van der Waals surface area contributed by atoms with Gasteiger partial charge in [-0.1, -0.05) is 12.1 Å². The van der Waals surface area contributed by atoms with Crippen LogP contribution in [-0.4, -0.2) is 79.5 Å². The number of likely N-dealkylation sites (N-methyl/N-ethyl adjacent to an activating group) is 2. The number of anilines is 4. The second-order valence-corrected chi connectivity index (χ2v) is 10.1. The Hall–Kier alpha value is -4.67. The van der Waals surface area contributed by atoms with Crippen molar-refractivity contribution < 1.29 is 19.5 Å². The van der Waals surface area contributed by atoms with Gasteiger partial charge >= 0.3 is 5.97 Å². The number of rotatable bonds is 7. The van der Waals surface area contributed by atoms with E-state index in [9.17, 15) is 19.5 Å². The normalized spacial score (nSPS) is 16.7. The van der Waals surface area contributed by atoms with Gasteiger partial charge in [0.15, 0.2) is 0 Å². The molecule has 0 radical (unpaired) electrons. The van der Waals surface area contributed by atoms with Gasteiger partial charge in [-0.15, -0.1) is 0 Å². The highest BCUT2D eigenvalue weighted by molar-refractivity contribution is 6.37. The number of carboxylic acid groups (broad SMARTS) is 1. The van der Waals surface area contributed by atoms with Crippen LogP contribution in [0.5, 0.6) is 0 Å². The van der Waals surface area contributed by atoms with E-state index >= 15 is 0 Å². The fourth-order valence-electron chi connectivity index (χ4n) is 4.88. The Bertz CT molecular complexity index is 1490. The van der Waals surface area contributed by atoms with Crippen LogP contribution in [0.1, 0.15) is 21.5 Å². The predicted octanol–water partition coefficient (Wildman–Crippen LogP) is 3.11. The van der Waals surface area contributed by atoms with E-state index in [0.717, 1.165) is 31.9 Å². The molecule has 0 bridgehead atoms. The first kappa shape index (κ1) is 26.9. The molecule has 10 heteroatoms. The summed E-state index contributed by atoms with van der Waals surface area (Å²) in [5.74, 6) is -1.42. The van der Waals surface area contributed by atoms with Crippen molar-refractivity contribution in [2.24, 2.45) is 0 Å². The minimum absolute atomic E-state index is 0.0151. The quantitative estimate of drug-likeness (QED) is 0.266. The Morgan fingerprint density at radius 2 is 1.73 bits per heavy atom. The molecule has 0 saturated carbocycles. The highest BCUT2D eigenvalue weighted by atomic mass is 16.4. The maximum Gasteiger partial charge on any atom is 0.335 e.